The van der Waals surface area contributed by atoms with Crippen LogP contribution in [0.3, 0.4) is 0 Å². The number of nitrogens with two attached hydrogens (primary N) is 1. The summed E-state index contributed by atoms with van der Waals surface area (Å²) in [7, 11) is 0. The summed E-state index contributed by atoms with van der Waals surface area (Å²) >= 11 is 6.12. The quantitative estimate of drug-likeness (QED) is 0.861. The second-order valence-electron chi connectivity index (χ2n) is 4.47. The third kappa shape index (κ3) is 2.89. The predicted molar refractivity (Wildman–Crippen MR) is 78.0 cm³/mol. The number of anilines is 1. The maximum Gasteiger partial charge on any atom is 0.361 e. The number of hydrogen-bond donors (Lipinski definition) is 1. The molecule has 22 heavy (non-hydrogen) atoms. The van der Waals surface area contributed by atoms with Crippen molar-refractivity contribution in [1.29, 1.82) is 0 Å². The molecule has 0 radical (unpaired) electrons. The molecule has 0 fully saturated rings. The molecule has 0 aliphatic carbocycles. The molecule has 1 aliphatic rings. The Morgan fingerprint density at radius 2 is 2.05 bits per heavy atom. The molecule has 114 valence electrons. The number of nitrogen functional groups attached to an aromatic ring is 1. The lowest BCUT2D eigenvalue weighted by molar-refractivity contribution is 0.0466. The number of fused-ring (bicyclic) bond motifs is 1. The zero-order valence-corrected chi connectivity index (χ0v) is 12.2. The summed E-state index contributed by atoms with van der Waals surface area (Å²) in [6, 6.07) is 3.37. The highest BCUT2D eigenvalue weighted by Crippen LogP contribution is 2.38. The number of ether oxygens (including phenoxy) is 3. The van der Waals surface area contributed by atoms with Crippen molar-refractivity contribution >= 4 is 23.4 Å². The Kier molecular flexibility index (Phi) is 3.97. The van der Waals surface area contributed by atoms with E-state index < -0.39 is 5.97 Å². The van der Waals surface area contributed by atoms with E-state index in [0.29, 0.717) is 35.3 Å². The third-order valence-corrected chi connectivity index (χ3v) is 3.23. The van der Waals surface area contributed by atoms with Crippen LogP contribution in [0.15, 0.2) is 24.5 Å². The Bertz CT molecular complexity index is 723. The molecule has 2 heterocycles. The van der Waals surface area contributed by atoms with E-state index in [1.165, 1.54) is 12.4 Å². The van der Waals surface area contributed by atoms with Crippen LogP contribution in [0.25, 0.3) is 0 Å². The SMILES string of the molecule is Nc1nccnc1C(=O)OCc1cc(Cl)c2c(c1)OCCO2. The number of halogens is 1. The monoisotopic (exact) mass is 321 g/mol. The van der Waals surface area contributed by atoms with Gasteiger partial charge in [-0.05, 0) is 17.7 Å². The summed E-state index contributed by atoms with van der Waals surface area (Å²) in [4.78, 5) is 19.5. The molecule has 3 rings (SSSR count). The van der Waals surface area contributed by atoms with E-state index in [-0.39, 0.29) is 18.1 Å². The topological polar surface area (TPSA) is 96.6 Å². The Hall–Kier alpha value is -2.54. The van der Waals surface area contributed by atoms with Crippen LogP contribution in [-0.4, -0.2) is 29.2 Å². The molecule has 8 heteroatoms. The molecule has 7 nitrogen and oxygen atoms in total. The van der Waals surface area contributed by atoms with Gasteiger partial charge in [0.15, 0.2) is 23.0 Å². The minimum Gasteiger partial charge on any atom is -0.486 e. The van der Waals surface area contributed by atoms with E-state index in [1.54, 1.807) is 12.1 Å². The first-order chi connectivity index (χ1) is 10.6. The van der Waals surface area contributed by atoms with Crippen LogP contribution in [0.5, 0.6) is 11.5 Å². The van der Waals surface area contributed by atoms with Crippen molar-refractivity contribution in [2.45, 2.75) is 6.61 Å². The van der Waals surface area contributed by atoms with Crippen LogP contribution in [0, 0.1) is 0 Å². The van der Waals surface area contributed by atoms with Crippen molar-refractivity contribution in [3.8, 4) is 11.5 Å². The lowest BCUT2D eigenvalue weighted by atomic mass is 10.2. The van der Waals surface area contributed by atoms with E-state index in [4.69, 9.17) is 31.5 Å². The number of nitrogens with zero attached hydrogens (tertiary/aromatic N) is 2. The van der Waals surface area contributed by atoms with Crippen molar-refractivity contribution in [2.75, 3.05) is 18.9 Å². The molecule has 0 saturated carbocycles. The predicted octanol–water partition coefficient (Wildman–Crippen LogP) is 1.84. The van der Waals surface area contributed by atoms with E-state index in [0.717, 1.165) is 0 Å². The number of esters is 1. The Morgan fingerprint density at radius 3 is 2.86 bits per heavy atom. The fourth-order valence-corrected chi connectivity index (χ4v) is 2.26. The van der Waals surface area contributed by atoms with Gasteiger partial charge in [-0.3, -0.25) is 0 Å². The third-order valence-electron chi connectivity index (χ3n) is 2.95. The summed E-state index contributed by atoms with van der Waals surface area (Å²) in [5.41, 5.74) is 6.22. The van der Waals surface area contributed by atoms with Crippen LogP contribution in [0.2, 0.25) is 5.02 Å². The van der Waals surface area contributed by atoms with Gasteiger partial charge in [0, 0.05) is 12.4 Å². The van der Waals surface area contributed by atoms with Gasteiger partial charge >= 0.3 is 5.97 Å². The molecule has 1 aliphatic heterocycles. The zero-order chi connectivity index (χ0) is 15.5. The number of benzene rings is 1. The highest BCUT2D eigenvalue weighted by atomic mass is 35.5. The van der Waals surface area contributed by atoms with Crippen LogP contribution >= 0.6 is 11.6 Å². The molecule has 0 unspecified atom stereocenters. The molecule has 2 N–H and O–H groups in total. The second-order valence-corrected chi connectivity index (χ2v) is 4.88. The number of carbonyl (C=O) groups is 1. The van der Waals surface area contributed by atoms with Crippen LogP contribution in [0.4, 0.5) is 5.82 Å². The van der Waals surface area contributed by atoms with Crippen LogP contribution in [-0.2, 0) is 11.3 Å². The normalized spacial score (nSPS) is 12.8. The highest BCUT2D eigenvalue weighted by Gasteiger charge is 2.18. The summed E-state index contributed by atoms with van der Waals surface area (Å²) in [6.45, 7) is 0.904. The van der Waals surface area contributed by atoms with Gasteiger partial charge in [-0.25, -0.2) is 14.8 Å². The summed E-state index contributed by atoms with van der Waals surface area (Å²) in [5, 5.41) is 0.405. The fraction of sp³-hybridized carbons (Fsp3) is 0.214. The van der Waals surface area contributed by atoms with Crippen molar-refractivity contribution in [3.05, 3.63) is 40.8 Å². The van der Waals surface area contributed by atoms with Crippen molar-refractivity contribution in [3.63, 3.8) is 0 Å². The number of hydrogen-bond acceptors (Lipinski definition) is 7. The molecule has 2 aromatic rings. The van der Waals surface area contributed by atoms with Gasteiger partial charge in [0.25, 0.3) is 0 Å². The molecular formula is C14H12ClN3O4. The largest absolute Gasteiger partial charge is 0.486 e. The van der Waals surface area contributed by atoms with E-state index in [9.17, 15) is 4.79 Å². The summed E-state index contributed by atoms with van der Waals surface area (Å²) < 4.78 is 16.0. The van der Waals surface area contributed by atoms with Crippen molar-refractivity contribution < 1.29 is 19.0 Å². The molecule has 0 atom stereocenters. The maximum absolute atomic E-state index is 11.9. The number of aromatic nitrogens is 2. The van der Waals surface area contributed by atoms with Gasteiger partial charge in [-0.1, -0.05) is 11.6 Å². The molecule has 0 saturated heterocycles. The van der Waals surface area contributed by atoms with Gasteiger partial charge in [-0.2, -0.15) is 0 Å². The van der Waals surface area contributed by atoms with E-state index in [2.05, 4.69) is 9.97 Å². The first kappa shape index (κ1) is 14.4. The summed E-state index contributed by atoms with van der Waals surface area (Å²) in [6.07, 6.45) is 2.76. The van der Waals surface area contributed by atoms with Gasteiger partial charge in [-0.15, -0.1) is 0 Å². The molecule has 1 aromatic heterocycles. The maximum atomic E-state index is 11.9. The number of rotatable bonds is 3. The van der Waals surface area contributed by atoms with Crippen LogP contribution < -0.4 is 15.2 Å². The standard InChI is InChI=1S/C14H12ClN3O4/c15-9-5-8(6-10-12(9)21-4-3-20-10)7-22-14(19)11-13(16)18-2-1-17-11/h1-2,5-6H,3-4,7H2,(H2,16,18). The lowest BCUT2D eigenvalue weighted by Crippen LogP contribution is -2.16. The fourth-order valence-electron chi connectivity index (χ4n) is 1.97. The molecule has 0 spiro atoms. The van der Waals surface area contributed by atoms with Crippen LogP contribution in [0.1, 0.15) is 16.1 Å². The van der Waals surface area contributed by atoms with E-state index in [1.807, 2.05) is 0 Å². The molecular weight excluding hydrogens is 310 g/mol. The smallest absolute Gasteiger partial charge is 0.361 e. The van der Waals surface area contributed by atoms with E-state index >= 15 is 0 Å². The first-order valence-corrected chi connectivity index (χ1v) is 6.84. The minimum atomic E-state index is -0.656. The zero-order valence-electron chi connectivity index (χ0n) is 11.4. The number of carbonyl (C=O) groups excluding carboxylic acids is 1. The average Bonchev–Trinajstić information content (AvgIpc) is 2.53. The Morgan fingerprint density at radius 1 is 1.27 bits per heavy atom. The highest BCUT2D eigenvalue weighted by molar-refractivity contribution is 6.32. The minimum absolute atomic E-state index is 0.00517. The Balaban J connectivity index is 1.73. The average molecular weight is 322 g/mol. The molecule has 1 aromatic carbocycles. The van der Waals surface area contributed by atoms with Gasteiger partial charge < -0.3 is 19.9 Å². The molecule has 0 amide bonds. The van der Waals surface area contributed by atoms with Crippen molar-refractivity contribution in [1.82, 2.24) is 9.97 Å². The summed E-state index contributed by atoms with van der Waals surface area (Å²) in [5.74, 6) is 0.397. The van der Waals surface area contributed by atoms with Gasteiger partial charge in [0.05, 0.1) is 5.02 Å². The molecule has 0 bridgehead atoms. The first-order valence-electron chi connectivity index (χ1n) is 6.47. The lowest BCUT2D eigenvalue weighted by Gasteiger charge is -2.20. The van der Waals surface area contributed by atoms with Crippen molar-refractivity contribution in [2.24, 2.45) is 0 Å². The van der Waals surface area contributed by atoms with Gasteiger partial charge in [0.1, 0.15) is 19.8 Å². The Labute approximate surface area is 131 Å². The van der Waals surface area contributed by atoms with Gasteiger partial charge in [0.2, 0.25) is 0 Å². The second kappa shape index (κ2) is 6.07.